The molecule has 1 aromatic rings. The number of carbonyl (C=O) groups excluding carboxylic acids is 2. The Kier molecular flexibility index (Phi) is 8.97. The van der Waals surface area contributed by atoms with Crippen LogP contribution in [0.3, 0.4) is 0 Å². The molecule has 0 spiro atoms. The topological polar surface area (TPSA) is 64.6 Å². The molecule has 1 rings (SSSR count). The van der Waals surface area contributed by atoms with Crippen LogP contribution in [0.2, 0.25) is 0 Å². The molecule has 6 heteroatoms. The first kappa shape index (κ1) is 21.5. The number of alkyl carbamates (subject to hydrolysis) is 1. The van der Waals surface area contributed by atoms with E-state index in [0.717, 1.165) is 22.9 Å². The standard InChI is InChI=1S/C19H28BrNO4/c1-5-6-11-24-17(22)13-16(21-18(23)25-19(2,3)4)12-14-7-9-15(20)10-8-14/h7-10,16H,5-6,11-13H2,1-4H3,(H,21,23). The van der Waals surface area contributed by atoms with E-state index in [1.165, 1.54) is 0 Å². The second-order valence-electron chi connectivity index (χ2n) is 6.95. The number of hydrogen-bond donors (Lipinski definition) is 1. The minimum absolute atomic E-state index is 0.110. The molecule has 5 nitrogen and oxygen atoms in total. The maximum absolute atomic E-state index is 12.1. The molecule has 0 aromatic heterocycles. The van der Waals surface area contributed by atoms with Gasteiger partial charge >= 0.3 is 12.1 Å². The van der Waals surface area contributed by atoms with Gasteiger partial charge in [-0.25, -0.2) is 4.79 Å². The molecule has 25 heavy (non-hydrogen) atoms. The first-order valence-corrected chi connectivity index (χ1v) is 9.38. The summed E-state index contributed by atoms with van der Waals surface area (Å²) < 4.78 is 11.5. The van der Waals surface area contributed by atoms with Crippen molar-refractivity contribution in [1.29, 1.82) is 0 Å². The van der Waals surface area contributed by atoms with Gasteiger partial charge in [0.05, 0.1) is 13.0 Å². The van der Waals surface area contributed by atoms with Crippen molar-refractivity contribution in [3.8, 4) is 0 Å². The van der Waals surface area contributed by atoms with Crippen LogP contribution in [0.1, 0.15) is 52.5 Å². The molecule has 1 atom stereocenters. The van der Waals surface area contributed by atoms with Crippen LogP contribution in [-0.4, -0.2) is 30.3 Å². The van der Waals surface area contributed by atoms with E-state index in [0.29, 0.717) is 13.0 Å². The predicted octanol–water partition coefficient (Wildman–Crippen LogP) is 4.62. The van der Waals surface area contributed by atoms with Crippen LogP contribution in [0.5, 0.6) is 0 Å². The van der Waals surface area contributed by atoms with Gasteiger partial charge in [0, 0.05) is 10.5 Å². The number of hydrogen-bond acceptors (Lipinski definition) is 4. The predicted molar refractivity (Wildman–Crippen MR) is 101 cm³/mol. The van der Waals surface area contributed by atoms with Crippen molar-refractivity contribution in [2.75, 3.05) is 6.61 Å². The molecular formula is C19H28BrNO4. The number of ether oxygens (including phenoxy) is 2. The van der Waals surface area contributed by atoms with Crippen molar-refractivity contribution in [3.05, 3.63) is 34.3 Å². The monoisotopic (exact) mass is 413 g/mol. The van der Waals surface area contributed by atoms with Crippen molar-refractivity contribution in [2.24, 2.45) is 0 Å². The molecule has 0 fully saturated rings. The minimum Gasteiger partial charge on any atom is -0.466 e. The molecule has 0 saturated carbocycles. The quantitative estimate of drug-likeness (QED) is 0.498. The van der Waals surface area contributed by atoms with Crippen LogP contribution in [-0.2, 0) is 20.7 Å². The number of esters is 1. The highest BCUT2D eigenvalue weighted by atomic mass is 79.9. The van der Waals surface area contributed by atoms with Crippen LogP contribution in [0, 0.1) is 0 Å². The van der Waals surface area contributed by atoms with Crippen LogP contribution < -0.4 is 5.32 Å². The normalized spacial score (nSPS) is 12.4. The third-order valence-corrected chi connectivity index (χ3v) is 3.82. The smallest absolute Gasteiger partial charge is 0.407 e. The molecule has 0 saturated heterocycles. The Morgan fingerprint density at radius 1 is 1.20 bits per heavy atom. The van der Waals surface area contributed by atoms with Crippen molar-refractivity contribution in [2.45, 2.75) is 65.0 Å². The van der Waals surface area contributed by atoms with E-state index in [-0.39, 0.29) is 18.4 Å². The zero-order valence-corrected chi connectivity index (χ0v) is 17.0. The Bertz CT molecular complexity index is 552. The molecule has 140 valence electrons. The summed E-state index contributed by atoms with van der Waals surface area (Å²) in [7, 11) is 0. The number of halogens is 1. The van der Waals surface area contributed by atoms with Gasteiger partial charge in [-0.1, -0.05) is 41.4 Å². The van der Waals surface area contributed by atoms with Gasteiger partial charge in [-0.15, -0.1) is 0 Å². The van der Waals surface area contributed by atoms with E-state index in [2.05, 4.69) is 21.2 Å². The molecule has 1 amide bonds. The number of amides is 1. The van der Waals surface area contributed by atoms with Crippen molar-refractivity contribution < 1.29 is 19.1 Å². The van der Waals surface area contributed by atoms with Crippen LogP contribution >= 0.6 is 15.9 Å². The Morgan fingerprint density at radius 3 is 2.40 bits per heavy atom. The molecule has 0 heterocycles. The van der Waals surface area contributed by atoms with E-state index in [1.54, 1.807) is 20.8 Å². The lowest BCUT2D eigenvalue weighted by Gasteiger charge is -2.23. The lowest BCUT2D eigenvalue weighted by atomic mass is 10.0. The van der Waals surface area contributed by atoms with Gasteiger partial charge in [-0.2, -0.15) is 0 Å². The number of rotatable bonds is 8. The van der Waals surface area contributed by atoms with Gasteiger partial charge in [0.1, 0.15) is 5.60 Å². The Balaban J connectivity index is 2.69. The highest BCUT2D eigenvalue weighted by Gasteiger charge is 2.22. The summed E-state index contributed by atoms with van der Waals surface area (Å²) in [6, 6.07) is 7.39. The third kappa shape index (κ3) is 10.1. The van der Waals surface area contributed by atoms with Gasteiger partial charge in [-0.3, -0.25) is 4.79 Å². The lowest BCUT2D eigenvalue weighted by Crippen LogP contribution is -2.41. The van der Waals surface area contributed by atoms with Gasteiger partial charge < -0.3 is 14.8 Å². The third-order valence-electron chi connectivity index (χ3n) is 3.29. The zero-order chi connectivity index (χ0) is 18.9. The maximum Gasteiger partial charge on any atom is 0.407 e. The molecule has 0 radical (unpaired) electrons. The fourth-order valence-corrected chi connectivity index (χ4v) is 2.41. The first-order valence-electron chi connectivity index (χ1n) is 8.59. The number of carbonyl (C=O) groups is 2. The van der Waals surface area contributed by atoms with Gasteiger partial charge in [0.2, 0.25) is 0 Å². The molecule has 1 unspecified atom stereocenters. The number of unbranched alkanes of at least 4 members (excludes halogenated alkanes) is 1. The zero-order valence-electron chi connectivity index (χ0n) is 15.4. The van der Waals surface area contributed by atoms with E-state index < -0.39 is 11.7 Å². The average molecular weight is 414 g/mol. The highest BCUT2D eigenvalue weighted by Crippen LogP contribution is 2.14. The second-order valence-corrected chi connectivity index (χ2v) is 7.87. The summed E-state index contributed by atoms with van der Waals surface area (Å²) >= 11 is 3.40. The molecular weight excluding hydrogens is 386 g/mol. The summed E-state index contributed by atoms with van der Waals surface area (Å²) in [5.74, 6) is -0.313. The summed E-state index contributed by atoms with van der Waals surface area (Å²) in [5, 5.41) is 2.78. The van der Waals surface area contributed by atoms with E-state index >= 15 is 0 Å². The van der Waals surface area contributed by atoms with E-state index in [4.69, 9.17) is 9.47 Å². The summed E-state index contributed by atoms with van der Waals surface area (Å²) in [4.78, 5) is 24.1. The SMILES string of the molecule is CCCCOC(=O)CC(Cc1ccc(Br)cc1)NC(=O)OC(C)(C)C. The average Bonchev–Trinajstić information content (AvgIpc) is 2.47. The molecule has 1 aromatic carbocycles. The Morgan fingerprint density at radius 2 is 1.84 bits per heavy atom. The largest absolute Gasteiger partial charge is 0.466 e. The van der Waals surface area contributed by atoms with Crippen LogP contribution in [0.15, 0.2) is 28.7 Å². The van der Waals surface area contributed by atoms with E-state index in [1.807, 2.05) is 31.2 Å². The Labute approximate surface area is 158 Å². The van der Waals surface area contributed by atoms with Gasteiger partial charge in [0.25, 0.3) is 0 Å². The van der Waals surface area contributed by atoms with Gasteiger partial charge in [-0.05, 0) is 51.3 Å². The highest BCUT2D eigenvalue weighted by molar-refractivity contribution is 9.10. The van der Waals surface area contributed by atoms with Gasteiger partial charge in [0.15, 0.2) is 0 Å². The molecule has 0 bridgehead atoms. The van der Waals surface area contributed by atoms with Crippen LogP contribution in [0.25, 0.3) is 0 Å². The fraction of sp³-hybridized carbons (Fsp3) is 0.579. The van der Waals surface area contributed by atoms with E-state index in [9.17, 15) is 9.59 Å². The lowest BCUT2D eigenvalue weighted by molar-refractivity contribution is -0.144. The Hall–Kier alpha value is -1.56. The molecule has 0 aliphatic carbocycles. The van der Waals surface area contributed by atoms with Crippen molar-refractivity contribution in [3.63, 3.8) is 0 Å². The van der Waals surface area contributed by atoms with Crippen molar-refractivity contribution in [1.82, 2.24) is 5.32 Å². The summed E-state index contributed by atoms with van der Waals surface area (Å²) in [6.45, 7) is 7.85. The first-order chi connectivity index (χ1) is 11.7. The molecule has 1 N–H and O–H groups in total. The maximum atomic E-state index is 12.1. The van der Waals surface area contributed by atoms with Crippen molar-refractivity contribution >= 4 is 28.0 Å². The molecule has 0 aliphatic heterocycles. The fourth-order valence-electron chi connectivity index (χ4n) is 2.14. The number of nitrogens with one attached hydrogen (secondary N) is 1. The van der Waals surface area contributed by atoms with Crippen LogP contribution in [0.4, 0.5) is 4.79 Å². The summed E-state index contributed by atoms with van der Waals surface area (Å²) in [6.07, 6.45) is 1.90. The summed E-state index contributed by atoms with van der Waals surface area (Å²) in [5.41, 5.74) is 0.430. The molecule has 0 aliphatic rings. The minimum atomic E-state index is -0.589. The second kappa shape index (κ2) is 10.4. The number of benzene rings is 1.